The summed E-state index contributed by atoms with van der Waals surface area (Å²) in [4.78, 5) is 10.4. The molecule has 1 aliphatic rings. The summed E-state index contributed by atoms with van der Waals surface area (Å²) in [5, 5.41) is 14.1. The lowest BCUT2D eigenvalue weighted by Gasteiger charge is -2.13. The third-order valence-corrected chi connectivity index (χ3v) is 3.48. The maximum absolute atomic E-state index is 10.7. The van der Waals surface area contributed by atoms with Crippen molar-refractivity contribution in [2.75, 3.05) is 5.32 Å². The van der Waals surface area contributed by atoms with Crippen LogP contribution in [0.4, 0.5) is 11.4 Å². The standard InChI is InChI=1S/C15H14N2O2/c18-17(19)15-7-3-6-13(10-15)16-14-8-11-4-1-2-5-12(11)9-14/h1-7,10,14,16H,8-9H2. The molecule has 0 saturated carbocycles. The first-order valence-corrected chi connectivity index (χ1v) is 6.30. The molecule has 4 nitrogen and oxygen atoms in total. The topological polar surface area (TPSA) is 55.2 Å². The van der Waals surface area contributed by atoms with Gasteiger partial charge in [0.25, 0.3) is 5.69 Å². The Bertz CT molecular complexity index is 600. The smallest absolute Gasteiger partial charge is 0.271 e. The van der Waals surface area contributed by atoms with E-state index in [2.05, 4.69) is 29.6 Å². The Hall–Kier alpha value is -2.36. The van der Waals surface area contributed by atoms with Crippen LogP contribution in [0.25, 0.3) is 0 Å². The van der Waals surface area contributed by atoms with E-state index in [4.69, 9.17) is 0 Å². The molecule has 0 unspecified atom stereocenters. The van der Waals surface area contributed by atoms with E-state index in [1.807, 2.05) is 6.07 Å². The van der Waals surface area contributed by atoms with Gasteiger partial charge in [-0.15, -0.1) is 0 Å². The molecule has 3 rings (SSSR count). The summed E-state index contributed by atoms with van der Waals surface area (Å²) in [5.74, 6) is 0. The Kier molecular flexibility index (Phi) is 2.91. The van der Waals surface area contributed by atoms with Crippen LogP contribution in [0.15, 0.2) is 48.5 Å². The van der Waals surface area contributed by atoms with Crippen molar-refractivity contribution in [2.24, 2.45) is 0 Å². The minimum absolute atomic E-state index is 0.125. The van der Waals surface area contributed by atoms with Crippen LogP contribution in [0, 0.1) is 10.1 Å². The number of benzene rings is 2. The fourth-order valence-electron chi connectivity index (χ4n) is 2.61. The molecule has 2 aromatic rings. The Morgan fingerprint density at radius 1 is 1.05 bits per heavy atom. The molecule has 1 N–H and O–H groups in total. The second-order valence-electron chi connectivity index (χ2n) is 4.83. The number of hydrogen-bond acceptors (Lipinski definition) is 3. The van der Waals surface area contributed by atoms with Crippen LogP contribution in [-0.4, -0.2) is 11.0 Å². The van der Waals surface area contributed by atoms with Crippen molar-refractivity contribution in [3.63, 3.8) is 0 Å². The largest absolute Gasteiger partial charge is 0.381 e. The molecule has 2 aromatic carbocycles. The molecular formula is C15H14N2O2. The van der Waals surface area contributed by atoms with Crippen LogP contribution in [0.2, 0.25) is 0 Å². The van der Waals surface area contributed by atoms with Crippen molar-refractivity contribution in [1.29, 1.82) is 0 Å². The van der Waals surface area contributed by atoms with Crippen LogP contribution < -0.4 is 5.32 Å². The first-order valence-electron chi connectivity index (χ1n) is 6.30. The molecule has 1 aliphatic carbocycles. The van der Waals surface area contributed by atoms with Crippen molar-refractivity contribution >= 4 is 11.4 Å². The number of nitro benzene ring substituents is 1. The summed E-state index contributed by atoms with van der Waals surface area (Å²) in [7, 11) is 0. The van der Waals surface area contributed by atoms with Gasteiger partial charge in [0.1, 0.15) is 0 Å². The molecule has 0 bridgehead atoms. The van der Waals surface area contributed by atoms with Crippen LogP contribution in [0.3, 0.4) is 0 Å². The number of nitro groups is 1. The van der Waals surface area contributed by atoms with E-state index < -0.39 is 0 Å². The summed E-state index contributed by atoms with van der Waals surface area (Å²) in [6.07, 6.45) is 1.94. The van der Waals surface area contributed by atoms with E-state index in [0.29, 0.717) is 6.04 Å². The fraction of sp³-hybridized carbons (Fsp3) is 0.200. The summed E-state index contributed by atoms with van der Waals surface area (Å²) < 4.78 is 0. The summed E-state index contributed by atoms with van der Waals surface area (Å²) >= 11 is 0. The molecular weight excluding hydrogens is 240 g/mol. The molecule has 0 aliphatic heterocycles. The molecule has 4 heteroatoms. The number of hydrogen-bond donors (Lipinski definition) is 1. The van der Waals surface area contributed by atoms with Gasteiger partial charge < -0.3 is 5.32 Å². The Morgan fingerprint density at radius 3 is 2.37 bits per heavy atom. The molecule has 96 valence electrons. The minimum atomic E-state index is -0.366. The SMILES string of the molecule is O=[N+]([O-])c1cccc(NC2Cc3ccccc3C2)c1. The highest BCUT2D eigenvalue weighted by atomic mass is 16.6. The van der Waals surface area contributed by atoms with Gasteiger partial charge in [-0.3, -0.25) is 10.1 Å². The maximum atomic E-state index is 10.7. The highest BCUT2D eigenvalue weighted by Gasteiger charge is 2.20. The lowest BCUT2D eigenvalue weighted by molar-refractivity contribution is -0.384. The first-order chi connectivity index (χ1) is 9.22. The number of fused-ring (bicyclic) bond motifs is 1. The average molecular weight is 254 g/mol. The predicted molar refractivity (Wildman–Crippen MR) is 74.4 cm³/mol. The second kappa shape index (κ2) is 4.72. The number of nitrogens with one attached hydrogen (secondary N) is 1. The quantitative estimate of drug-likeness (QED) is 0.676. The van der Waals surface area contributed by atoms with E-state index >= 15 is 0 Å². The predicted octanol–water partition coefficient (Wildman–Crippen LogP) is 3.17. The monoisotopic (exact) mass is 254 g/mol. The van der Waals surface area contributed by atoms with Gasteiger partial charge in [0, 0.05) is 23.9 Å². The van der Waals surface area contributed by atoms with Gasteiger partial charge in [-0.25, -0.2) is 0 Å². The van der Waals surface area contributed by atoms with Crippen LogP contribution >= 0.6 is 0 Å². The van der Waals surface area contributed by atoms with E-state index in [0.717, 1.165) is 18.5 Å². The first kappa shape index (κ1) is 11.7. The molecule has 0 aromatic heterocycles. The van der Waals surface area contributed by atoms with E-state index in [9.17, 15) is 10.1 Å². The molecule has 0 atom stereocenters. The van der Waals surface area contributed by atoms with Crippen molar-refractivity contribution in [3.8, 4) is 0 Å². The number of non-ortho nitro benzene ring substituents is 1. The van der Waals surface area contributed by atoms with Gasteiger partial charge in [0.15, 0.2) is 0 Å². The van der Waals surface area contributed by atoms with Gasteiger partial charge in [0.2, 0.25) is 0 Å². The van der Waals surface area contributed by atoms with Crippen LogP contribution in [0.5, 0.6) is 0 Å². The highest BCUT2D eigenvalue weighted by molar-refractivity contribution is 5.52. The van der Waals surface area contributed by atoms with Crippen molar-refractivity contribution in [2.45, 2.75) is 18.9 Å². The van der Waals surface area contributed by atoms with Gasteiger partial charge in [-0.05, 0) is 30.0 Å². The number of rotatable bonds is 3. The lowest BCUT2D eigenvalue weighted by Crippen LogP contribution is -2.19. The van der Waals surface area contributed by atoms with Gasteiger partial charge >= 0.3 is 0 Å². The molecule has 0 spiro atoms. The zero-order chi connectivity index (χ0) is 13.2. The molecule has 0 fully saturated rings. The Labute approximate surface area is 111 Å². The summed E-state index contributed by atoms with van der Waals surface area (Å²) in [6, 6.07) is 15.4. The van der Waals surface area contributed by atoms with Crippen LogP contribution in [-0.2, 0) is 12.8 Å². The zero-order valence-electron chi connectivity index (χ0n) is 10.4. The fourth-order valence-corrected chi connectivity index (χ4v) is 2.61. The Morgan fingerprint density at radius 2 is 1.74 bits per heavy atom. The van der Waals surface area contributed by atoms with Crippen molar-refractivity contribution in [3.05, 3.63) is 69.8 Å². The normalized spacial score (nSPS) is 14.1. The van der Waals surface area contributed by atoms with Gasteiger partial charge in [-0.2, -0.15) is 0 Å². The number of anilines is 1. The van der Waals surface area contributed by atoms with E-state index in [1.165, 1.54) is 17.2 Å². The highest BCUT2D eigenvalue weighted by Crippen LogP contribution is 2.25. The summed E-state index contributed by atoms with van der Waals surface area (Å²) in [5.41, 5.74) is 3.67. The molecule has 0 heterocycles. The minimum Gasteiger partial charge on any atom is -0.381 e. The zero-order valence-corrected chi connectivity index (χ0v) is 10.4. The van der Waals surface area contributed by atoms with E-state index in [-0.39, 0.29) is 10.6 Å². The average Bonchev–Trinajstić information content (AvgIpc) is 2.81. The maximum Gasteiger partial charge on any atom is 0.271 e. The molecule has 0 saturated heterocycles. The van der Waals surface area contributed by atoms with Gasteiger partial charge in [0.05, 0.1) is 4.92 Å². The number of nitrogens with zero attached hydrogens (tertiary/aromatic N) is 1. The molecule has 19 heavy (non-hydrogen) atoms. The lowest BCUT2D eigenvalue weighted by atomic mass is 10.1. The van der Waals surface area contributed by atoms with E-state index in [1.54, 1.807) is 12.1 Å². The third kappa shape index (κ3) is 2.42. The van der Waals surface area contributed by atoms with Crippen LogP contribution in [0.1, 0.15) is 11.1 Å². The summed E-state index contributed by atoms with van der Waals surface area (Å²) in [6.45, 7) is 0. The van der Waals surface area contributed by atoms with Crippen molar-refractivity contribution < 1.29 is 4.92 Å². The molecule has 0 radical (unpaired) electrons. The molecule has 0 amide bonds. The second-order valence-corrected chi connectivity index (χ2v) is 4.83. The Balaban J connectivity index is 1.74. The third-order valence-electron chi connectivity index (χ3n) is 3.48. The van der Waals surface area contributed by atoms with Gasteiger partial charge in [-0.1, -0.05) is 30.3 Å². The van der Waals surface area contributed by atoms with Crippen molar-refractivity contribution in [1.82, 2.24) is 0 Å².